The van der Waals surface area contributed by atoms with Gasteiger partial charge in [0.1, 0.15) is 11.2 Å². The number of benzene rings is 1. The van der Waals surface area contributed by atoms with E-state index in [0.717, 1.165) is 5.56 Å². The van der Waals surface area contributed by atoms with Crippen LogP contribution in [0, 0.1) is 5.41 Å². The summed E-state index contributed by atoms with van der Waals surface area (Å²) in [5.74, 6) is -0.184. The Hall–Kier alpha value is -2.89. The molecule has 0 spiro atoms. The number of hydrogen-bond donors (Lipinski definition) is 2. The highest BCUT2D eigenvalue weighted by Crippen LogP contribution is 2.26. The van der Waals surface area contributed by atoms with Gasteiger partial charge in [-0.3, -0.25) is 14.6 Å². The molecule has 2 rings (SSSR count). The van der Waals surface area contributed by atoms with Crippen LogP contribution in [0.25, 0.3) is 0 Å². The van der Waals surface area contributed by atoms with E-state index in [-0.39, 0.29) is 5.91 Å². The standard InChI is InChI=1S/C19H23N3O3/c1-4-25-16-10-6-5-9-15(16)22-18(24)19(2,3)17(23)21-13-14-8-7-11-20-12-14/h5-12H,4,13H2,1-3H3,(H,21,23)(H,22,24). The van der Waals surface area contributed by atoms with E-state index in [4.69, 9.17) is 4.74 Å². The zero-order valence-electron chi connectivity index (χ0n) is 14.7. The van der Waals surface area contributed by atoms with E-state index in [1.54, 1.807) is 50.5 Å². The van der Waals surface area contributed by atoms with Crippen molar-refractivity contribution in [2.45, 2.75) is 27.3 Å². The molecule has 2 N–H and O–H groups in total. The molecule has 0 bridgehead atoms. The van der Waals surface area contributed by atoms with E-state index >= 15 is 0 Å². The first-order valence-electron chi connectivity index (χ1n) is 8.15. The fourth-order valence-electron chi connectivity index (χ4n) is 2.14. The topological polar surface area (TPSA) is 80.3 Å². The van der Waals surface area contributed by atoms with Crippen LogP contribution in [0.5, 0.6) is 5.75 Å². The smallest absolute Gasteiger partial charge is 0.239 e. The van der Waals surface area contributed by atoms with E-state index in [1.165, 1.54) is 0 Å². The van der Waals surface area contributed by atoms with Gasteiger partial charge in [-0.15, -0.1) is 0 Å². The molecule has 132 valence electrons. The summed E-state index contributed by atoms with van der Waals surface area (Å²) in [6.45, 7) is 5.85. The maximum atomic E-state index is 12.6. The molecule has 1 aromatic heterocycles. The fourth-order valence-corrected chi connectivity index (χ4v) is 2.14. The van der Waals surface area contributed by atoms with Crippen LogP contribution in [0.15, 0.2) is 48.8 Å². The van der Waals surface area contributed by atoms with Crippen LogP contribution in [0.2, 0.25) is 0 Å². The molecule has 0 aliphatic rings. The van der Waals surface area contributed by atoms with E-state index in [9.17, 15) is 9.59 Å². The molecular weight excluding hydrogens is 318 g/mol. The van der Waals surface area contributed by atoms with Gasteiger partial charge < -0.3 is 15.4 Å². The third kappa shape index (κ3) is 4.79. The van der Waals surface area contributed by atoms with Crippen molar-refractivity contribution in [2.75, 3.05) is 11.9 Å². The molecule has 0 saturated carbocycles. The largest absolute Gasteiger partial charge is 0.492 e. The molecule has 0 atom stereocenters. The summed E-state index contributed by atoms with van der Waals surface area (Å²) in [6.07, 6.45) is 3.34. The second kappa shape index (κ2) is 8.28. The number of amides is 2. The maximum absolute atomic E-state index is 12.6. The van der Waals surface area contributed by atoms with Gasteiger partial charge in [0.05, 0.1) is 12.3 Å². The van der Waals surface area contributed by atoms with Gasteiger partial charge in [-0.05, 0) is 44.5 Å². The van der Waals surface area contributed by atoms with Gasteiger partial charge in [0, 0.05) is 18.9 Å². The van der Waals surface area contributed by atoms with Crippen LogP contribution >= 0.6 is 0 Å². The van der Waals surface area contributed by atoms with E-state index in [2.05, 4.69) is 15.6 Å². The second-order valence-corrected chi connectivity index (χ2v) is 6.05. The van der Waals surface area contributed by atoms with Crippen molar-refractivity contribution in [2.24, 2.45) is 5.41 Å². The molecule has 2 aromatic rings. The molecule has 2 amide bonds. The summed E-state index contributed by atoms with van der Waals surface area (Å²) in [7, 11) is 0. The van der Waals surface area contributed by atoms with Crippen molar-refractivity contribution in [3.8, 4) is 5.75 Å². The number of carbonyl (C=O) groups excluding carboxylic acids is 2. The number of rotatable bonds is 7. The number of anilines is 1. The first kappa shape index (κ1) is 18.4. The number of ether oxygens (including phenoxy) is 1. The Kier molecular flexibility index (Phi) is 6.11. The highest BCUT2D eigenvalue weighted by atomic mass is 16.5. The van der Waals surface area contributed by atoms with Crippen molar-refractivity contribution in [1.82, 2.24) is 10.3 Å². The highest BCUT2D eigenvalue weighted by molar-refractivity contribution is 6.10. The van der Waals surface area contributed by atoms with Gasteiger partial charge >= 0.3 is 0 Å². The Labute approximate surface area is 147 Å². The predicted octanol–water partition coefficient (Wildman–Crippen LogP) is 2.76. The lowest BCUT2D eigenvalue weighted by atomic mass is 9.90. The number of pyridine rings is 1. The minimum absolute atomic E-state index is 0.318. The lowest BCUT2D eigenvalue weighted by Gasteiger charge is -2.23. The molecule has 25 heavy (non-hydrogen) atoms. The second-order valence-electron chi connectivity index (χ2n) is 6.05. The van der Waals surface area contributed by atoms with Gasteiger partial charge in [0.15, 0.2) is 0 Å². The van der Waals surface area contributed by atoms with Crippen LogP contribution in [0.3, 0.4) is 0 Å². The lowest BCUT2D eigenvalue weighted by Crippen LogP contribution is -2.44. The van der Waals surface area contributed by atoms with Crippen LogP contribution < -0.4 is 15.4 Å². The summed E-state index contributed by atoms with van der Waals surface area (Å²) >= 11 is 0. The maximum Gasteiger partial charge on any atom is 0.239 e. The van der Waals surface area contributed by atoms with E-state index in [0.29, 0.717) is 24.6 Å². The molecule has 0 saturated heterocycles. The van der Waals surface area contributed by atoms with Crippen LogP contribution in [-0.2, 0) is 16.1 Å². The molecule has 0 aliphatic heterocycles. The molecular formula is C19H23N3O3. The average molecular weight is 341 g/mol. The lowest BCUT2D eigenvalue weighted by molar-refractivity contribution is -0.138. The fraction of sp³-hybridized carbons (Fsp3) is 0.316. The molecule has 1 heterocycles. The van der Waals surface area contributed by atoms with Crippen LogP contribution in [0.4, 0.5) is 5.69 Å². The number of hydrogen-bond acceptors (Lipinski definition) is 4. The Balaban J connectivity index is 2.02. The monoisotopic (exact) mass is 341 g/mol. The Morgan fingerprint density at radius 1 is 1.12 bits per heavy atom. The quantitative estimate of drug-likeness (QED) is 0.759. The minimum atomic E-state index is -1.23. The number of nitrogens with one attached hydrogen (secondary N) is 2. The van der Waals surface area contributed by atoms with Gasteiger partial charge in [0.25, 0.3) is 0 Å². The van der Waals surface area contributed by atoms with Crippen molar-refractivity contribution in [3.05, 3.63) is 54.4 Å². The summed E-state index contributed by atoms with van der Waals surface area (Å²) in [4.78, 5) is 29.1. The molecule has 0 fully saturated rings. The van der Waals surface area contributed by atoms with Gasteiger partial charge in [0.2, 0.25) is 11.8 Å². The highest BCUT2D eigenvalue weighted by Gasteiger charge is 2.36. The molecule has 1 aromatic carbocycles. The molecule has 6 heteroatoms. The summed E-state index contributed by atoms with van der Waals surface area (Å²) in [5, 5.41) is 5.55. The summed E-state index contributed by atoms with van der Waals surface area (Å²) < 4.78 is 5.49. The van der Waals surface area contributed by atoms with Gasteiger partial charge in [-0.1, -0.05) is 18.2 Å². The molecule has 0 aliphatic carbocycles. The number of para-hydroxylation sites is 2. The molecule has 0 unspecified atom stereocenters. The first-order chi connectivity index (χ1) is 11.9. The Bertz CT molecular complexity index is 730. The van der Waals surface area contributed by atoms with Gasteiger partial charge in [-0.25, -0.2) is 0 Å². The van der Waals surface area contributed by atoms with Gasteiger partial charge in [-0.2, -0.15) is 0 Å². The molecule has 6 nitrogen and oxygen atoms in total. The first-order valence-corrected chi connectivity index (χ1v) is 8.15. The number of aromatic nitrogens is 1. The summed E-state index contributed by atoms with van der Waals surface area (Å²) in [6, 6.07) is 10.8. The third-order valence-electron chi connectivity index (χ3n) is 3.75. The predicted molar refractivity (Wildman–Crippen MR) is 96.1 cm³/mol. The zero-order chi connectivity index (χ0) is 18.3. The van der Waals surface area contributed by atoms with Crippen LogP contribution in [-0.4, -0.2) is 23.4 Å². The normalized spacial score (nSPS) is 10.8. The zero-order valence-corrected chi connectivity index (χ0v) is 14.7. The number of nitrogens with zero attached hydrogens (tertiary/aromatic N) is 1. The SMILES string of the molecule is CCOc1ccccc1NC(=O)C(C)(C)C(=O)NCc1cccnc1. The van der Waals surface area contributed by atoms with Crippen molar-refractivity contribution >= 4 is 17.5 Å². The summed E-state index contributed by atoms with van der Waals surface area (Å²) in [5.41, 5.74) is 0.179. The average Bonchev–Trinajstić information content (AvgIpc) is 2.62. The molecule has 0 radical (unpaired) electrons. The van der Waals surface area contributed by atoms with Crippen molar-refractivity contribution < 1.29 is 14.3 Å². The van der Waals surface area contributed by atoms with Crippen molar-refractivity contribution in [3.63, 3.8) is 0 Å². The van der Waals surface area contributed by atoms with Crippen LogP contribution in [0.1, 0.15) is 26.3 Å². The van der Waals surface area contributed by atoms with Crippen molar-refractivity contribution in [1.29, 1.82) is 0 Å². The van der Waals surface area contributed by atoms with E-state index < -0.39 is 11.3 Å². The minimum Gasteiger partial charge on any atom is -0.492 e. The Morgan fingerprint density at radius 3 is 2.56 bits per heavy atom. The Morgan fingerprint density at radius 2 is 1.88 bits per heavy atom. The van der Waals surface area contributed by atoms with E-state index in [1.807, 2.05) is 19.1 Å². The third-order valence-corrected chi connectivity index (χ3v) is 3.75. The number of carbonyl (C=O) groups is 2.